The third kappa shape index (κ3) is 4.21. The number of hydrogen-bond acceptors (Lipinski definition) is 3. The van der Waals surface area contributed by atoms with Crippen LogP contribution < -0.4 is 10.6 Å². The van der Waals surface area contributed by atoms with Gasteiger partial charge in [-0.2, -0.15) is 0 Å². The van der Waals surface area contributed by atoms with E-state index in [1.807, 2.05) is 6.07 Å². The van der Waals surface area contributed by atoms with E-state index in [9.17, 15) is 4.79 Å². The van der Waals surface area contributed by atoms with Gasteiger partial charge in [-0.05, 0) is 43.0 Å². The Bertz CT molecular complexity index is 898. The lowest BCUT2D eigenvalue weighted by molar-refractivity contribution is 0.240. The van der Waals surface area contributed by atoms with Crippen LogP contribution in [0.1, 0.15) is 73.7 Å². The van der Waals surface area contributed by atoms with Crippen molar-refractivity contribution in [3.63, 3.8) is 0 Å². The number of urea groups is 1. The van der Waals surface area contributed by atoms with Gasteiger partial charge in [-0.25, -0.2) is 9.78 Å². The van der Waals surface area contributed by atoms with Crippen LogP contribution in [0.5, 0.6) is 0 Å². The zero-order valence-corrected chi connectivity index (χ0v) is 19.7. The maximum Gasteiger partial charge on any atom is 0.319 e. The zero-order chi connectivity index (χ0) is 19.7. The van der Waals surface area contributed by atoms with Crippen molar-refractivity contribution < 1.29 is 4.79 Å². The van der Waals surface area contributed by atoms with Gasteiger partial charge in [-0.15, -0.1) is 11.3 Å². The molecular weight excluding hydrogens is 502 g/mol. The van der Waals surface area contributed by atoms with Gasteiger partial charge in [-0.1, -0.05) is 58.0 Å². The van der Waals surface area contributed by atoms with E-state index in [2.05, 4.69) is 66.9 Å². The average molecular weight is 525 g/mol. The van der Waals surface area contributed by atoms with Crippen molar-refractivity contribution in [2.75, 3.05) is 0 Å². The first-order valence-corrected chi connectivity index (χ1v) is 12.2. The van der Waals surface area contributed by atoms with Crippen molar-refractivity contribution in [1.82, 2.24) is 15.6 Å². The normalized spacial score (nSPS) is 20.8. The van der Waals surface area contributed by atoms with E-state index in [0.29, 0.717) is 5.92 Å². The number of nitrogens with one attached hydrogen (secondary N) is 2. The number of halogens is 2. The lowest BCUT2D eigenvalue weighted by Crippen LogP contribution is -2.43. The number of benzene rings is 1. The van der Waals surface area contributed by atoms with Crippen LogP contribution >= 0.6 is 43.2 Å². The number of aromatic nitrogens is 1. The van der Waals surface area contributed by atoms with Crippen LogP contribution in [0.25, 0.3) is 5.57 Å². The fourth-order valence-corrected chi connectivity index (χ4v) is 6.47. The van der Waals surface area contributed by atoms with E-state index >= 15 is 0 Å². The van der Waals surface area contributed by atoms with Gasteiger partial charge in [0.05, 0.1) is 11.7 Å². The molecule has 1 aliphatic carbocycles. The van der Waals surface area contributed by atoms with Gasteiger partial charge in [0.25, 0.3) is 0 Å². The van der Waals surface area contributed by atoms with E-state index in [1.54, 1.807) is 11.3 Å². The molecule has 2 aliphatic rings. The third-order valence-electron chi connectivity index (χ3n) is 5.50. The quantitative estimate of drug-likeness (QED) is 0.457. The van der Waals surface area contributed by atoms with E-state index < -0.39 is 0 Å². The van der Waals surface area contributed by atoms with Crippen molar-refractivity contribution in [1.29, 1.82) is 0 Å². The smallest absolute Gasteiger partial charge is 0.319 e. The highest BCUT2D eigenvalue weighted by Crippen LogP contribution is 2.40. The second-order valence-corrected chi connectivity index (χ2v) is 10.1. The van der Waals surface area contributed by atoms with E-state index in [-0.39, 0.29) is 12.1 Å². The summed E-state index contributed by atoms with van der Waals surface area (Å²) < 4.78 is 1.95. The van der Waals surface area contributed by atoms with Gasteiger partial charge >= 0.3 is 6.03 Å². The highest BCUT2D eigenvalue weighted by molar-refractivity contribution is 9.11. The largest absolute Gasteiger partial charge is 0.327 e. The summed E-state index contributed by atoms with van der Waals surface area (Å²) in [6, 6.07) is 5.74. The Morgan fingerprint density at radius 3 is 2.54 bits per heavy atom. The number of rotatable bonds is 4. The lowest BCUT2D eigenvalue weighted by Gasteiger charge is -2.29. The Balaban J connectivity index is 1.76. The molecule has 0 saturated heterocycles. The van der Waals surface area contributed by atoms with Crippen LogP contribution in [-0.4, -0.2) is 11.0 Å². The molecule has 2 amide bonds. The van der Waals surface area contributed by atoms with Crippen molar-refractivity contribution >= 4 is 54.8 Å². The maximum absolute atomic E-state index is 12.3. The standard InChI is InChI=1S/C21H23Br2N3OS/c1-2-16-18(20-24-17(11-28-20)12-6-4-3-5-7-12)19(26-21(27)25-16)13-8-14(22)10-15(23)9-13/h8-12,19H,2-7H2,1H3,(H2,25,26,27). The molecule has 1 aromatic carbocycles. The lowest BCUT2D eigenvalue weighted by atomic mass is 9.87. The Labute approximate surface area is 186 Å². The Hall–Kier alpha value is -1.18. The summed E-state index contributed by atoms with van der Waals surface area (Å²) in [4.78, 5) is 17.4. The second kappa shape index (κ2) is 8.67. The first kappa shape index (κ1) is 20.1. The molecule has 1 unspecified atom stereocenters. The Kier molecular flexibility index (Phi) is 6.23. The summed E-state index contributed by atoms with van der Waals surface area (Å²) in [6.45, 7) is 2.07. The van der Waals surface area contributed by atoms with Crippen molar-refractivity contribution in [2.45, 2.75) is 57.4 Å². The van der Waals surface area contributed by atoms with Gasteiger partial charge in [0, 0.05) is 31.5 Å². The zero-order valence-electron chi connectivity index (χ0n) is 15.7. The molecule has 7 heteroatoms. The molecule has 28 heavy (non-hydrogen) atoms. The molecule has 0 radical (unpaired) electrons. The molecule has 1 aromatic heterocycles. The number of thiazole rings is 1. The fraction of sp³-hybridized carbons (Fsp3) is 0.429. The molecule has 2 aromatic rings. The summed E-state index contributed by atoms with van der Waals surface area (Å²) in [7, 11) is 0. The predicted molar refractivity (Wildman–Crippen MR) is 121 cm³/mol. The SMILES string of the molecule is CCC1=C(c2nc(C3CCCCC3)cs2)C(c2cc(Br)cc(Br)c2)NC(=O)N1. The summed E-state index contributed by atoms with van der Waals surface area (Å²) in [5.74, 6) is 0.578. The number of carbonyl (C=O) groups is 1. The topological polar surface area (TPSA) is 54.0 Å². The van der Waals surface area contributed by atoms with Crippen LogP contribution in [-0.2, 0) is 0 Å². The van der Waals surface area contributed by atoms with Gasteiger partial charge in [0.2, 0.25) is 0 Å². The average Bonchev–Trinajstić information content (AvgIpc) is 3.17. The Morgan fingerprint density at radius 1 is 1.14 bits per heavy atom. The van der Waals surface area contributed by atoms with Crippen molar-refractivity contribution in [3.8, 4) is 0 Å². The fourth-order valence-electron chi connectivity index (χ4n) is 4.14. The highest BCUT2D eigenvalue weighted by atomic mass is 79.9. The Morgan fingerprint density at radius 2 is 1.86 bits per heavy atom. The number of allylic oxidation sites excluding steroid dienone is 1. The first-order chi connectivity index (χ1) is 13.5. The van der Waals surface area contributed by atoms with Gasteiger partial charge in [-0.3, -0.25) is 0 Å². The molecule has 0 spiro atoms. The number of amides is 2. The molecule has 1 fully saturated rings. The molecule has 148 valence electrons. The van der Waals surface area contributed by atoms with Gasteiger partial charge in [0.15, 0.2) is 0 Å². The molecule has 4 rings (SSSR count). The van der Waals surface area contributed by atoms with Crippen LogP contribution in [0.4, 0.5) is 4.79 Å². The molecule has 1 saturated carbocycles. The second-order valence-electron chi connectivity index (χ2n) is 7.39. The molecule has 0 bridgehead atoms. The summed E-state index contributed by atoms with van der Waals surface area (Å²) >= 11 is 8.84. The number of carbonyl (C=O) groups excluding carboxylic acids is 1. The predicted octanol–water partition coefficient (Wildman–Crippen LogP) is 6.89. The molecule has 4 nitrogen and oxygen atoms in total. The van der Waals surface area contributed by atoms with Crippen molar-refractivity contribution in [3.05, 3.63) is 54.5 Å². The third-order valence-corrected chi connectivity index (χ3v) is 7.31. The van der Waals surface area contributed by atoms with Crippen LogP contribution in [0.2, 0.25) is 0 Å². The minimum absolute atomic E-state index is 0.161. The highest BCUT2D eigenvalue weighted by Gasteiger charge is 2.31. The van der Waals surface area contributed by atoms with Crippen LogP contribution in [0.15, 0.2) is 38.2 Å². The van der Waals surface area contributed by atoms with Crippen LogP contribution in [0, 0.1) is 0 Å². The van der Waals surface area contributed by atoms with Crippen molar-refractivity contribution in [2.24, 2.45) is 0 Å². The summed E-state index contributed by atoms with van der Waals surface area (Å²) in [5, 5.41) is 9.33. The van der Waals surface area contributed by atoms with E-state index in [0.717, 1.165) is 37.2 Å². The van der Waals surface area contributed by atoms with Gasteiger partial charge < -0.3 is 10.6 Å². The summed E-state index contributed by atoms with van der Waals surface area (Å²) in [5.41, 5.74) is 4.29. The summed E-state index contributed by atoms with van der Waals surface area (Å²) in [6.07, 6.45) is 7.17. The molecule has 2 N–H and O–H groups in total. The maximum atomic E-state index is 12.3. The molecule has 1 atom stereocenters. The van der Waals surface area contributed by atoms with Gasteiger partial charge in [0.1, 0.15) is 5.01 Å². The monoisotopic (exact) mass is 523 g/mol. The number of nitrogens with zero attached hydrogens (tertiary/aromatic N) is 1. The van der Waals surface area contributed by atoms with E-state index in [4.69, 9.17) is 4.98 Å². The molecule has 1 aliphatic heterocycles. The molecule has 2 heterocycles. The minimum Gasteiger partial charge on any atom is -0.327 e. The number of hydrogen-bond donors (Lipinski definition) is 2. The van der Waals surface area contributed by atoms with E-state index in [1.165, 1.54) is 37.8 Å². The minimum atomic E-state index is -0.220. The van der Waals surface area contributed by atoms with Crippen LogP contribution in [0.3, 0.4) is 0 Å². The molecular formula is C21H23Br2N3OS. The first-order valence-electron chi connectivity index (χ1n) is 9.77.